The molecule has 0 aliphatic heterocycles. The summed E-state index contributed by atoms with van der Waals surface area (Å²) in [4.78, 5) is 12.1. The molecule has 1 amide bonds. The summed E-state index contributed by atoms with van der Waals surface area (Å²) in [6, 6.07) is 20.2. The van der Waals surface area contributed by atoms with Crippen molar-refractivity contribution >= 4 is 22.8 Å². The van der Waals surface area contributed by atoms with Crippen LogP contribution in [0.4, 0.5) is 4.39 Å². The first-order chi connectivity index (χ1) is 11.6. The van der Waals surface area contributed by atoms with Gasteiger partial charge < -0.3 is 5.32 Å². The average Bonchev–Trinajstić information content (AvgIpc) is 2.61. The van der Waals surface area contributed by atoms with Gasteiger partial charge in [-0.25, -0.2) is 4.39 Å². The van der Waals surface area contributed by atoms with Crippen molar-refractivity contribution < 1.29 is 9.18 Å². The minimum Gasteiger partial charge on any atom is -0.346 e. The molecule has 0 heterocycles. The SMILES string of the molecule is CC(NC(=O)C=Cc1ccc(F)cc1)c1ccc2ccccc2c1. The van der Waals surface area contributed by atoms with E-state index >= 15 is 0 Å². The molecule has 3 aromatic carbocycles. The highest BCUT2D eigenvalue weighted by atomic mass is 19.1. The third-order valence-corrected chi connectivity index (χ3v) is 3.93. The molecule has 24 heavy (non-hydrogen) atoms. The molecule has 0 bridgehead atoms. The summed E-state index contributed by atoms with van der Waals surface area (Å²) in [6.45, 7) is 1.95. The molecule has 0 aliphatic carbocycles. The summed E-state index contributed by atoms with van der Waals surface area (Å²) in [5.41, 5.74) is 1.84. The second-order valence-electron chi connectivity index (χ2n) is 5.72. The number of fused-ring (bicyclic) bond motifs is 1. The lowest BCUT2D eigenvalue weighted by Crippen LogP contribution is -2.24. The Kier molecular flexibility index (Phi) is 4.71. The molecule has 0 radical (unpaired) electrons. The Hall–Kier alpha value is -2.94. The zero-order valence-electron chi connectivity index (χ0n) is 13.4. The zero-order chi connectivity index (χ0) is 16.9. The van der Waals surface area contributed by atoms with Crippen LogP contribution in [0.5, 0.6) is 0 Å². The molecule has 0 spiro atoms. The van der Waals surface area contributed by atoms with E-state index in [1.165, 1.54) is 23.6 Å². The molecule has 2 nitrogen and oxygen atoms in total. The van der Waals surface area contributed by atoms with E-state index in [1.807, 2.05) is 25.1 Å². The van der Waals surface area contributed by atoms with Crippen molar-refractivity contribution in [3.8, 4) is 0 Å². The fraction of sp³-hybridized carbons (Fsp3) is 0.0952. The quantitative estimate of drug-likeness (QED) is 0.683. The van der Waals surface area contributed by atoms with Gasteiger partial charge in [0.15, 0.2) is 0 Å². The Morgan fingerprint density at radius 1 is 1.00 bits per heavy atom. The van der Waals surface area contributed by atoms with Crippen LogP contribution in [0.2, 0.25) is 0 Å². The molecule has 3 aromatic rings. The molecule has 120 valence electrons. The lowest BCUT2D eigenvalue weighted by molar-refractivity contribution is -0.117. The Bertz CT molecular complexity index is 884. The number of nitrogens with one attached hydrogen (secondary N) is 1. The van der Waals surface area contributed by atoms with E-state index in [0.717, 1.165) is 16.5 Å². The van der Waals surface area contributed by atoms with Crippen molar-refractivity contribution in [2.45, 2.75) is 13.0 Å². The van der Waals surface area contributed by atoms with E-state index in [2.05, 4.69) is 29.6 Å². The van der Waals surface area contributed by atoms with Gasteiger partial charge in [0.05, 0.1) is 6.04 Å². The molecule has 0 saturated heterocycles. The second-order valence-corrected chi connectivity index (χ2v) is 5.72. The number of rotatable bonds is 4. The first-order valence-electron chi connectivity index (χ1n) is 7.85. The van der Waals surface area contributed by atoms with Gasteiger partial charge in [0, 0.05) is 6.08 Å². The van der Waals surface area contributed by atoms with Crippen LogP contribution in [0.25, 0.3) is 16.8 Å². The Morgan fingerprint density at radius 2 is 1.71 bits per heavy atom. The third kappa shape index (κ3) is 3.87. The highest BCUT2D eigenvalue weighted by Crippen LogP contribution is 2.20. The Labute approximate surface area is 140 Å². The molecule has 1 unspecified atom stereocenters. The molecule has 0 saturated carbocycles. The van der Waals surface area contributed by atoms with Crippen LogP contribution in [-0.4, -0.2) is 5.91 Å². The Morgan fingerprint density at radius 3 is 2.46 bits per heavy atom. The van der Waals surface area contributed by atoms with Gasteiger partial charge >= 0.3 is 0 Å². The molecule has 3 heteroatoms. The fourth-order valence-corrected chi connectivity index (χ4v) is 2.57. The number of carbonyl (C=O) groups excluding carboxylic acids is 1. The van der Waals surface area contributed by atoms with E-state index in [4.69, 9.17) is 0 Å². The van der Waals surface area contributed by atoms with E-state index in [-0.39, 0.29) is 17.8 Å². The molecule has 0 aromatic heterocycles. The van der Waals surface area contributed by atoms with Crippen LogP contribution in [-0.2, 0) is 4.79 Å². The van der Waals surface area contributed by atoms with E-state index in [9.17, 15) is 9.18 Å². The van der Waals surface area contributed by atoms with E-state index in [1.54, 1.807) is 18.2 Å². The first kappa shape index (κ1) is 15.9. The predicted molar refractivity (Wildman–Crippen MR) is 95.9 cm³/mol. The number of hydrogen-bond donors (Lipinski definition) is 1. The summed E-state index contributed by atoms with van der Waals surface area (Å²) < 4.78 is 12.9. The highest BCUT2D eigenvalue weighted by molar-refractivity contribution is 5.92. The minimum absolute atomic E-state index is 0.0972. The van der Waals surface area contributed by atoms with Crippen molar-refractivity contribution in [2.24, 2.45) is 0 Å². The van der Waals surface area contributed by atoms with Crippen molar-refractivity contribution in [1.29, 1.82) is 0 Å². The van der Waals surface area contributed by atoms with Crippen LogP contribution < -0.4 is 5.32 Å². The molecular formula is C21H18FNO. The topological polar surface area (TPSA) is 29.1 Å². The summed E-state index contributed by atoms with van der Waals surface area (Å²) in [5.74, 6) is -0.471. The summed E-state index contributed by atoms with van der Waals surface area (Å²) in [6.07, 6.45) is 3.13. The number of benzene rings is 3. The molecule has 0 fully saturated rings. The minimum atomic E-state index is -0.290. The number of hydrogen-bond acceptors (Lipinski definition) is 1. The predicted octanol–water partition coefficient (Wildman–Crippen LogP) is 4.87. The molecule has 3 rings (SSSR count). The van der Waals surface area contributed by atoms with Gasteiger partial charge in [0.2, 0.25) is 5.91 Å². The van der Waals surface area contributed by atoms with Gasteiger partial charge in [-0.15, -0.1) is 0 Å². The van der Waals surface area contributed by atoms with Gasteiger partial charge in [-0.1, -0.05) is 48.5 Å². The number of carbonyl (C=O) groups is 1. The molecule has 0 aliphatic rings. The van der Waals surface area contributed by atoms with Crippen LogP contribution >= 0.6 is 0 Å². The van der Waals surface area contributed by atoms with Crippen LogP contribution in [0.15, 0.2) is 72.8 Å². The number of amides is 1. The lowest BCUT2D eigenvalue weighted by atomic mass is 10.0. The molecule has 1 N–H and O–H groups in total. The molecular weight excluding hydrogens is 301 g/mol. The standard InChI is InChI=1S/C21H18FNO/c1-15(18-10-9-17-4-2-3-5-19(17)14-18)23-21(24)13-8-16-6-11-20(22)12-7-16/h2-15H,1H3,(H,23,24). The normalized spacial score (nSPS) is 12.4. The maximum Gasteiger partial charge on any atom is 0.244 e. The van der Waals surface area contributed by atoms with E-state index < -0.39 is 0 Å². The maximum atomic E-state index is 12.9. The largest absolute Gasteiger partial charge is 0.346 e. The summed E-state index contributed by atoms with van der Waals surface area (Å²) in [5, 5.41) is 5.27. The molecule has 1 atom stereocenters. The monoisotopic (exact) mass is 319 g/mol. The smallest absolute Gasteiger partial charge is 0.244 e. The zero-order valence-corrected chi connectivity index (χ0v) is 13.4. The van der Waals surface area contributed by atoms with Gasteiger partial charge in [-0.3, -0.25) is 4.79 Å². The van der Waals surface area contributed by atoms with Gasteiger partial charge in [-0.2, -0.15) is 0 Å². The van der Waals surface area contributed by atoms with Crippen molar-refractivity contribution in [3.05, 3.63) is 89.8 Å². The third-order valence-electron chi connectivity index (χ3n) is 3.93. The summed E-state index contributed by atoms with van der Waals surface area (Å²) >= 11 is 0. The highest BCUT2D eigenvalue weighted by Gasteiger charge is 2.08. The van der Waals surface area contributed by atoms with Crippen molar-refractivity contribution in [3.63, 3.8) is 0 Å². The van der Waals surface area contributed by atoms with Crippen LogP contribution in [0.3, 0.4) is 0 Å². The average molecular weight is 319 g/mol. The van der Waals surface area contributed by atoms with Crippen molar-refractivity contribution in [1.82, 2.24) is 5.32 Å². The van der Waals surface area contributed by atoms with Gasteiger partial charge in [0.1, 0.15) is 5.82 Å². The van der Waals surface area contributed by atoms with Crippen LogP contribution in [0, 0.1) is 5.82 Å². The Balaban J connectivity index is 1.67. The first-order valence-corrected chi connectivity index (χ1v) is 7.85. The van der Waals surface area contributed by atoms with Gasteiger partial charge in [-0.05, 0) is 53.1 Å². The maximum absolute atomic E-state index is 12.9. The van der Waals surface area contributed by atoms with Gasteiger partial charge in [0.25, 0.3) is 0 Å². The van der Waals surface area contributed by atoms with Crippen molar-refractivity contribution in [2.75, 3.05) is 0 Å². The summed E-state index contributed by atoms with van der Waals surface area (Å²) in [7, 11) is 0. The fourth-order valence-electron chi connectivity index (χ4n) is 2.57. The lowest BCUT2D eigenvalue weighted by Gasteiger charge is -2.13. The number of halogens is 1. The second kappa shape index (κ2) is 7.09. The van der Waals surface area contributed by atoms with Crippen LogP contribution in [0.1, 0.15) is 24.1 Å². The van der Waals surface area contributed by atoms with E-state index in [0.29, 0.717) is 0 Å².